The number of oxazole rings is 1. The van der Waals surface area contributed by atoms with Gasteiger partial charge < -0.3 is 13.9 Å². The first-order valence-corrected chi connectivity index (χ1v) is 4.66. The molecule has 0 saturated heterocycles. The van der Waals surface area contributed by atoms with Crippen LogP contribution in [0.4, 0.5) is 0 Å². The molecule has 0 fully saturated rings. The summed E-state index contributed by atoms with van der Waals surface area (Å²) in [5.74, 6) is 0.241. The molecule has 0 aliphatic heterocycles. The van der Waals surface area contributed by atoms with Crippen LogP contribution in [-0.2, 0) is 0 Å². The van der Waals surface area contributed by atoms with E-state index in [1.54, 1.807) is 19.2 Å². The Morgan fingerprint density at radius 3 is 2.56 bits per heavy atom. The fraction of sp³-hybridized carbons (Fsp3) is 0.182. The van der Waals surface area contributed by atoms with Gasteiger partial charge in [0.15, 0.2) is 0 Å². The number of nitrogens with zero attached hydrogens (tertiary/aromatic N) is 1. The zero-order valence-electron chi connectivity index (χ0n) is 8.97. The van der Waals surface area contributed by atoms with E-state index in [1.807, 2.05) is 12.1 Å². The highest BCUT2D eigenvalue weighted by Gasteiger charge is 2.11. The summed E-state index contributed by atoms with van der Waals surface area (Å²) in [5, 5.41) is 0. The molecule has 1 heterocycles. The van der Waals surface area contributed by atoms with E-state index in [4.69, 9.17) is 13.9 Å². The average Bonchev–Trinajstić information content (AvgIpc) is 2.70. The van der Waals surface area contributed by atoms with E-state index in [0.29, 0.717) is 11.4 Å². The third kappa shape index (κ3) is 1.67. The van der Waals surface area contributed by atoms with Gasteiger partial charge in [-0.1, -0.05) is 12.1 Å². The fourth-order valence-electron chi connectivity index (χ4n) is 1.41. The minimum atomic E-state index is -0.513. The van der Waals surface area contributed by atoms with Gasteiger partial charge >= 0.3 is 11.7 Å². The Morgan fingerprint density at radius 2 is 1.94 bits per heavy atom. The molecule has 0 amide bonds. The van der Waals surface area contributed by atoms with Gasteiger partial charge in [-0.15, -0.1) is 0 Å². The number of hydrogen-bond acceptors (Lipinski definition) is 4. The monoisotopic (exact) mass is 221 g/mol. The van der Waals surface area contributed by atoms with Gasteiger partial charge in [0, 0.05) is 0 Å². The van der Waals surface area contributed by atoms with Gasteiger partial charge in [-0.3, -0.25) is 0 Å². The summed E-state index contributed by atoms with van der Waals surface area (Å²) >= 11 is 0. The number of para-hydroxylation sites is 2. The van der Waals surface area contributed by atoms with Gasteiger partial charge in [-0.2, -0.15) is 0 Å². The van der Waals surface area contributed by atoms with Crippen LogP contribution in [0, 0.1) is 0 Å². The van der Waals surface area contributed by atoms with Crippen molar-refractivity contribution in [1.29, 1.82) is 0 Å². The lowest BCUT2D eigenvalue weighted by atomic mass is 10.3. The molecule has 1 aromatic carbocycles. The predicted octanol–water partition coefficient (Wildman–Crippen LogP) is 1.45. The summed E-state index contributed by atoms with van der Waals surface area (Å²) in [5.41, 5.74) is 0.613. The Bertz CT molecular complexity index is 541. The highest BCUT2D eigenvalue weighted by molar-refractivity contribution is 5.46. The first-order chi connectivity index (χ1) is 7.76. The molecular formula is C11H11NO4. The molecule has 5 nitrogen and oxygen atoms in total. The molecule has 0 unspecified atom stereocenters. The maximum absolute atomic E-state index is 11.5. The number of hydrogen-bond donors (Lipinski definition) is 0. The smallest absolute Gasteiger partial charge is 0.426 e. The zero-order valence-corrected chi connectivity index (χ0v) is 8.97. The third-order valence-corrected chi connectivity index (χ3v) is 2.16. The van der Waals surface area contributed by atoms with Gasteiger partial charge in [-0.25, -0.2) is 9.36 Å². The number of aromatic nitrogens is 1. The van der Waals surface area contributed by atoms with Gasteiger partial charge in [0.05, 0.1) is 26.1 Å². The van der Waals surface area contributed by atoms with Crippen molar-refractivity contribution in [3.63, 3.8) is 0 Å². The van der Waals surface area contributed by atoms with Crippen LogP contribution in [0.25, 0.3) is 5.69 Å². The van der Waals surface area contributed by atoms with Crippen molar-refractivity contribution >= 4 is 0 Å². The zero-order chi connectivity index (χ0) is 11.5. The summed E-state index contributed by atoms with van der Waals surface area (Å²) < 4.78 is 16.2. The average molecular weight is 221 g/mol. The van der Waals surface area contributed by atoms with Gasteiger partial charge in [0.2, 0.25) is 0 Å². The number of ether oxygens (including phenoxy) is 2. The van der Waals surface area contributed by atoms with Crippen LogP contribution in [0.2, 0.25) is 0 Å². The van der Waals surface area contributed by atoms with E-state index < -0.39 is 5.76 Å². The molecule has 2 rings (SSSR count). The third-order valence-electron chi connectivity index (χ3n) is 2.16. The van der Waals surface area contributed by atoms with Crippen molar-refractivity contribution in [3.05, 3.63) is 41.0 Å². The Labute approximate surface area is 91.8 Å². The lowest BCUT2D eigenvalue weighted by Crippen LogP contribution is -2.11. The molecule has 2 aromatic rings. The molecule has 0 atom stereocenters. The van der Waals surface area contributed by atoms with Crippen molar-refractivity contribution in [2.75, 3.05) is 14.2 Å². The van der Waals surface area contributed by atoms with E-state index >= 15 is 0 Å². The maximum atomic E-state index is 11.5. The van der Waals surface area contributed by atoms with Crippen molar-refractivity contribution in [2.24, 2.45) is 0 Å². The first kappa shape index (κ1) is 10.4. The van der Waals surface area contributed by atoms with Crippen LogP contribution < -0.4 is 15.2 Å². The first-order valence-electron chi connectivity index (χ1n) is 4.66. The molecule has 0 aliphatic rings. The van der Waals surface area contributed by atoms with Crippen LogP contribution in [0.1, 0.15) is 0 Å². The predicted molar refractivity (Wildman–Crippen MR) is 57.4 cm³/mol. The Kier molecular flexibility index (Phi) is 2.68. The number of rotatable bonds is 3. The van der Waals surface area contributed by atoms with Crippen molar-refractivity contribution in [2.45, 2.75) is 0 Å². The molecule has 5 heteroatoms. The molecule has 0 bridgehead atoms. The minimum absolute atomic E-state index is 0.163. The van der Waals surface area contributed by atoms with E-state index in [2.05, 4.69) is 0 Å². The molecule has 0 N–H and O–H groups in total. The molecule has 16 heavy (non-hydrogen) atoms. The number of methoxy groups -OCH3 is 2. The fourth-order valence-corrected chi connectivity index (χ4v) is 1.41. The topological polar surface area (TPSA) is 53.6 Å². The maximum Gasteiger partial charge on any atom is 0.426 e. The summed E-state index contributed by atoms with van der Waals surface area (Å²) in [6.07, 6.45) is 1.47. The Morgan fingerprint density at radius 1 is 1.19 bits per heavy atom. The largest absolute Gasteiger partial charge is 0.495 e. The van der Waals surface area contributed by atoms with Crippen LogP contribution in [0.15, 0.2) is 39.7 Å². The second-order valence-corrected chi connectivity index (χ2v) is 3.06. The van der Waals surface area contributed by atoms with Crippen LogP contribution in [-0.4, -0.2) is 18.8 Å². The quantitative estimate of drug-likeness (QED) is 0.787. The number of benzene rings is 1. The van der Waals surface area contributed by atoms with Crippen LogP contribution in [0.5, 0.6) is 11.7 Å². The second-order valence-electron chi connectivity index (χ2n) is 3.06. The van der Waals surface area contributed by atoms with Crippen LogP contribution >= 0.6 is 0 Å². The molecule has 0 aliphatic carbocycles. The highest BCUT2D eigenvalue weighted by Crippen LogP contribution is 2.22. The normalized spacial score (nSPS) is 10.1. The Hall–Kier alpha value is -2.17. The molecule has 0 spiro atoms. The van der Waals surface area contributed by atoms with Gasteiger partial charge in [0.25, 0.3) is 0 Å². The molecular weight excluding hydrogens is 210 g/mol. The van der Waals surface area contributed by atoms with E-state index in [0.717, 1.165) is 0 Å². The summed E-state index contributed by atoms with van der Waals surface area (Å²) in [4.78, 5) is 11.5. The van der Waals surface area contributed by atoms with E-state index in [-0.39, 0.29) is 5.95 Å². The summed E-state index contributed by atoms with van der Waals surface area (Å²) in [6, 6.07) is 7.16. The lowest BCUT2D eigenvalue weighted by molar-refractivity contribution is 0.294. The highest BCUT2D eigenvalue weighted by atomic mass is 16.6. The summed E-state index contributed by atoms with van der Waals surface area (Å²) in [6.45, 7) is 0. The molecule has 1 aromatic heterocycles. The molecule has 0 radical (unpaired) electrons. The lowest BCUT2D eigenvalue weighted by Gasteiger charge is -2.06. The second kappa shape index (κ2) is 4.14. The minimum Gasteiger partial charge on any atom is -0.495 e. The molecule has 84 valence electrons. The van der Waals surface area contributed by atoms with E-state index in [1.165, 1.54) is 17.9 Å². The van der Waals surface area contributed by atoms with Crippen molar-refractivity contribution < 1.29 is 13.9 Å². The standard InChI is InChI=1S/C11H11NO4/c1-14-9-6-4-3-5-8(9)12-7-10(15-2)16-11(12)13/h3-7H,1-2H3. The van der Waals surface area contributed by atoms with Crippen molar-refractivity contribution in [1.82, 2.24) is 4.57 Å². The van der Waals surface area contributed by atoms with E-state index in [9.17, 15) is 4.79 Å². The van der Waals surface area contributed by atoms with Crippen molar-refractivity contribution in [3.8, 4) is 17.4 Å². The SMILES string of the molecule is COc1cn(-c2ccccc2OC)c(=O)o1. The van der Waals surface area contributed by atoms with Gasteiger partial charge in [-0.05, 0) is 12.1 Å². The Balaban J connectivity index is 2.58. The summed E-state index contributed by atoms with van der Waals surface area (Å²) in [7, 11) is 2.98. The van der Waals surface area contributed by atoms with Gasteiger partial charge in [0.1, 0.15) is 5.75 Å². The molecule has 0 saturated carbocycles. The van der Waals surface area contributed by atoms with Crippen LogP contribution in [0.3, 0.4) is 0 Å².